The standard InChI is InChI=1S/C17H24N2O3/c20-14-5-4-10-19(12-14)17(21)13-8-9-18-16(11-13)22-15-6-2-1-3-7-15/h8-9,11,14-15,20H,1-7,10,12H2. The van der Waals surface area contributed by atoms with Crippen molar-refractivity contribution in [3.8, 4) is 5.88 Å². The second-order valence-electron chi connectivity index (χ2n) is 6.31. The Morgan fingerprint density at radius 3 is 2.82 bits per heavy atom. The lowest BCUT2D eigenvalue weighted by atomic mass is 9.98. The molecule has 2 fully saturated rings. The molecule has 1 atom stereocenters. The van der Waals surface area contributed by atoms with Gasteiger partial charge in [-0.05, 0) is 44.6 Å². The van der Waals surface area contributed by atoms with Crippen LogP contribution in [0.5, 0.6) is 5.88 Å². The van der Waals surface area contributed by atoms with E-state index in [1.54, 1.807) is 23.2 Å². The molecule has 2 aliphatic rings. The number of piperidine rings is 1. The van der Waals surface area contributed by atoms with Gasteiger partial charge in [-0.25, -0.2) is 4.98 Å². The Morgan fingerprint density at radius 2 is 2.05 bits per heavy atom. The maximum Gasteiger partial charge on any atom is 0.254 e. The number of amides is 1. The van der Waals surface area contributed by atoms with E-state index in [4.69, 9.17) is 4.74 Å². The summed E-state index contributed by atoms with van der Waals surface area (Å²) in [4.78, 5) is 18.5. The molecular weight excluding hydrogens is 280 g/mol. The first kappa shape index (κ1) is 15.3. The predicted octanol–water partition coefficient (Wildman–Crippen LogP) is 2.39. The highest BCUT2D eigenvalue weighted by Gasteiger charge is 2.24. The number of ether oxygens (including phenoxy) is 1. The van der Waals surface area contributed by atoms with Gasteiger partial charge in [-0.15, -0.1) is 0 Å². The summed E-state index contributed by atoms with van der Waals surface area (Å²) in [6.07, 6.45) is 8.90. The van der Waals surface area contributed by atoms with Gasteiger partial charge < -0.3 is 14.7 Å². The van der Waals surface area contributed by atoms with Gasteiger partial charge in [0, 0.05) is 30.9 Å². The third-order valence-corrected chi connectivity index (χ3v) is 4.51. The molecule has 0 radical (unpaired) electrons. The molecule has 2 heterocycles. The average Bonchev–Trinajstić information content (AvgIpc) is 2.55. The van der Waals surface area contributed by atoms with Crippen molar-refractivity contribution in [2.75, 3.05) is 13.1 Å². The monoisotopic (exact) mass is 304 g/mol. The second-order valence-corrected chi connectivity index (χ2v) is 6.31. The Kier molecular flexibility index (Phi) is 4.93. The molecule has 1 aromatic heterocycles. The number of pyridine rings is 1. The Labute approximate surface area is 131 Å². The minimum absolute atomic E-state index is 0.0466. The lowest BCUT2D eigenvalue weighted by Gasteiger charge is -2.30. The first-order chi connectivity index (χ1) is 10.7. The molecule has 22 heavy (non-hydrogen) atoms. The van der Waals surface area contributed by atoms with Crippen molar-refractivity contribution < 1.29 is 14.6 Å². The van der Waals surface area contributed by atoms with E-state index in [1.165, 1.54) is 19.3 Å². The zero-order valence-electron chi connectivity index (χ0n) is 12.9. The van der Waals surface area contributed by atoms with E-state index in [-0.39, 0.29) is 12.0 Å². The first-order valence-electron chi connectivity index (χ1n) is 8.32. The third-order valence-electron chi connectivity index (χ3n) is 4.51. The van der Waals surface area contributed by atoms with E-state index in [2.05, 4.69) is 4.98 Å². The summed E-state index contributed by atoms with van der Waals surface area (Å²) in [7, 11) is 0. The van der Waals surface area contributed by atoms with E-state index in [1.807, 2.05) is 0 Å². The lowest BCUT2D eigenvalue weighted by Crippen LogP contribution is -2.42. The molecule has 1 amide bonds. The zero-order chi connectivity index (χ0) is 15.4. The third kappa shape index (κ3) is 3.77. The van der Waals surface area contributed by atoms with Crippen LogP contribution in [0.3, 0.4) is 0 Å². The topological polar surface area (TPSA) is 62.7 Å². The van der Waals surface area contributed by atoms with Gasteiger partial charge in [-0.3, -0.25) is 4.79 Å². The molecule has 1 aliphatic carbocycles. The molecule has 0 bridgehead atoms. The van der Waals surface area contributed by atoms with Crippen molar-refractivity contribution in [2.45, 2.75) is 57.2 Å². The fourth-order valence-corrected chi connectivity index (χ4v) is 3.28. The number of hydrogen-bond acceptors (Lipinski definition) is 4. The summed E-state index contributed by atoms with van der Waals surface area (Å²) in [6.45, 7) is 1.12. The van der Waals surface area contributed by atoms with Gasteiger partial charge in [-0.1, -0.05) is 6.42 Å². The zero-order valence-corrected chi connectivity index (χ0v) is 12.9. The highest BCUT2D eigenvalue weighted by Crippen LogP contribution is 2.23. The van der Waals surface area contributed by atoms with E-state index in [0.29, 0.717) is 24.5 Å². The van der Waals surface area contributed by atoms with Crippen LogP contribution in [0, 0.1) is 0 Å². The summed E-state index contributed by atoms with van der Waals surface area (Å²) in [5, 5.41) is 9.72. The quantitative estimate of drug-likeness (QED) is 0.931. The number of hydrogen-bond donors (Lipinski definition) is 1. The SMILES string of the molecule is O=C(c1ccnc(OC2CCCCC2)c1)N1CCCC(O)C1. The van der Waals surface area contributed by atoms with Crippen molar-refractivity contribution in [3.05, 3.63) is 23.9 Å². The highest BCUT2D eigenvalue weighted by molar-refractivity contribution is 5.94. The Hall–Kier alpha value is -1.62. The van der Waals surface area contributed by atoms with Gasteiger partial charge in [0.2, 0.25) is 5.88 Å². The van der Waals surface area contributed by atoms with E-state index in [0.717, 1.165) is 25.7 Å². The van der Waals surface area contributed by atoms with Crippen LogP contribution in [0.2, 0.25) is 0 Å². The van der Waals surface area contributed by atoms with Crippen LogP contribution in [0.1, 0.15) is 55.3 Å². The maximum atomic E-state index is 12.5. The van der Waals surface area contributed by atoms with Gasteiger partial charge in [0.25, 0.3) is 5.91 Å². The van der Waals surface area contributed by atoms with Crippen molar-refractivity contribution in [1.82, 2.24) is 9.88 Å². The van der Waals surface area contributed by atoms with Gasteiger partial charge >= 0.3 is 0 Å². The fraction of sp³-hybridized carbons (Fsp3) is 0.647. The van der Waals surface area contributed by atoms with Crippen LogP contribution in [0.15, 0.2) is 18.3 Å². The first-order valence-corrected chi connectivity index (χ1v) is 8.32. The van der Waals surface area contributed by atoms with Crippen LogP contribution >= 0.6 is 0 Å². The minimum Gasteiger partial charge on any atom is -0.474 e. The molecule has 1 aliphatic heterocycles. The van der Waals surface area contributed by atoms with E-state index in [9.17, 15) is 9.90 Å². The fourth-order valence-electron chi connectivity index (χ4n) is 3.28. The molecule has 1 aromatic rings. The van der Waals surface area contributed by atoms with Crippen molar-refractivity contribution in [3.63, 3.8) is 0 Å². The Bertz CT molecular complexity index is 514. The lowest BCUT2D eigenvalue weighted by molar-refractivity contribution is 0.0473. The van der Waals surface area contributed by atoms with Crippen molar-refractivity contribution in [1.29, 1.82) is 0 Å². The van der Waals surface area contributed by atoms with Crippen molar-refractivity contribution in [2.24, 2.45) is 0 Å². The van der Waals surface area contributed by atoms with Crippen LogP contribution < -0.4 is 4.74 Å². The summed E-state index contributed by atoms with van der Waals surface area (Å²) >= 11 is 0. The normalized spacial score (nSPS) is 23.3. The van der Waals surface area contributed by atoms with Crippen LogP contribution in [-0.4, -0.2) is 46.2 Å². The summed E-state index contributed by atoms with van der Waals surface area (Å²) in [6, 6.07) is 3.45. The molecule has 0 aromatic carbocycles. The van der Waals surface area contributed by atoms with E-state index < -0.39 is 6.10 Å². The van der Waals surface area contributed by atoms with Crippen LogP contribution in [-0.2, 0) is 0 Å². The average molecular weight is 304 g/mol. The molecule has 5 heteroatoms. The number of rotatable bonds is 3. The molecule has 1 unspecified atom stereocenters. The van der Waals surface area contributed by atoms with Gasteiger partial charge in [0.15, 0.2) is 0 Å². The number of nitrogens with zero attached hydrogens (tertiary/aromatic N) is 2. The summed E-state index contributed by atoms with van der Waals surface area (Å²) in [5.74, 6) is 0.491. The number of carbonyl (C=O) groups is 1. The molecule has 1 saturated carbocycles. The van der Waals surface area contributed by atoms with Crippen LogP contribution in [0.25, 0.3) is 0 Å². The van der Waals surface area contributed by atoms with Crippen molar-refractivity contribution >= 4 is 5.91 Å². The number of aromatic nitrogens is 1. The number of aliphatic hydroxyl groups excluding tert-OH is 1. The largest absolute Gasteiger partial charge is 0.474 e. The molecule has 3 rings (SSSR count). The summed E-state index contributed by atoms with van der Waals surface area (Å²) < 4.78 is 5.92. The van der Waals surface area contributed by atoms with Gasteiger partial charge in [-0.2, -0.15) is 0 Å². The number of aliphatic hydroxyl groups is 1. The molecule has 1 saturated heterocycles. The Balaban J connectivity index is 1.66. The minimum atomic E-state index is -0.405. The molecule has 120 valence electrons. The smallest absolute Gasteiger partial charge is 0.254 e. The highest BCUT2D eigenvalue weighted by atomic mass is 16.5. The van der Waals surface area contributed by atoms with Gasteiger partial charge in [0.1, 0.15) is 6.10 Å². The molecular formula is C17H24N2O3. The number of carbonyl (C=O) groups excluding carboxylic acids is 1. The number of β-amino-alcohol motifs (C(OH)–C–C–N with tert-alkyl or cyclic N) is 1. The second kappa shape index (κ2) is 7.09. The Morgan fingerprint density at radius 1 is 1.23 bits per heavy atom. The van der Waals surface area contributed by atoms with Crippen LogP contribution in [0.4, 0.5) is 0 Å². The predicted molar refractivity (Wildman–Crippen MR) is 82.9 cm³/mol. The molecule has 1 N–H and O–H groups in total. The van der Waals surface area contributed by atoms with Gasteiger partial charge in [0.05, 0.1) is 6.10 Å². The molecule has 5 nitrogen and oxygen atoms in total. The number of likely N-dealkylation sites (tertiary alicyclic amines) is 1. The summed E-state index contributed by atoms with van der Waals surface area (Å²) in [5.41, 5.74) is 0.593. The van der Waals surface area contributed by atoms with E-state index >= 15 is 0 Å². The maximum absolute atomic E-state index is 12.5. The molecule has 0 spiro atoms.